The monoisotopic (exact) mass is 231 g/mol. The van der Waals surface area contributed by atoms with Crippen molar-refractivity contribution in [1.29, 1.82) is 0 Å². The fraction of sp³-hybridized carbons (Fsp3) is 0.100. The fourth-order valence-electron chi connectivity index (χ4n) is 1.09. The third kappa shape index (κ3) is 3.01. The van der Waals surface area contributed by atoms with E-state index in [1.165, 1.54) is 6.07 Å². The van der Waals surface area contributed by atoms with Gasteiger partial charge in [-0.05, 0) is 23.8 Å². The smallest absolute Gasteiger partial charge is 0.418 e. The maximum atomic E-state index is 12.4. The van der Waals surface area contributed by atoms with Crippen LogP contribution in [0.2, 0.25) is 0 Å². The Bertz CT molecular complexity index is 438. The SMILES string of the molecule is Nc1ccc(C=CC(=O)O)cc1C(F)(F)F. The molecule has 0 aromatic heterocycles. The number of nitrogens with two attached hydrogens (primary N) is 1. The molecule has 0 saturated carbocycles. The van der Waals surface area contributed by atoms with Gasteiger partial charge in [0.1, 0.15) is 0 Å². The van der Waals surface area contributed by atoms with Crippen LogP contribution in [-0.4, -0.2) is 11.1 Å². The largest absolute Gasteiger partial charge is 0.478 e. The van der Waals surface area contributed by atoms with Crippen LogP contribution in [0.25, 0.3) is 6.08 Å². The van der Waals surface area contributed by atoms with Crippen molar-refractivity contribution < 1.29 is 23.1 Å². The van der Waals surface area contributed by atoms with Crippen molar-refractivity contribution in [3.05, 3.63) is 35.4 Å². The summed E-state index contributed by atoms with van der Waals surface area (Å²) >= 11 is 0. The Hall–Kier alpha value is -1.98. The molecule has 1 aromatic carbocycles. The number of alkyl halides is 3. The predicted molar refractivity (Wildman–Crippen MR) is 52.5 cm³/mol. The Morgan fingerprint density at radius 3 is 2.50 bits per heavy atom. The Morgan fingerprint density at radius 2 is 2.00 bits per heavy atom. The average molecular weight is 231 g/mol. The molecular formula is C10H8F3NO2. The van der Waals surface area contributed by atoms with Gasteiger partial charge in [0.25, 0.3) is 0 Å². The van der Waals surface area contributed by atoms with Gasteiger partial charge in [0.15, 0.2) is 0 Å². The van der Waals surface area contributed by atoms with Gasteiger partial charge >= 0.3 is 12.1 Å². The number of carbonyl (C=O) groups is 1. The van der Waals surface area contributed by atoms with Gasteiger partial charge in [0, 0.05) is 11.8 Å². The minimum atomic E-state index is -4.54. The third-order valence-electron chi connectivity index (χ3n) is 1.80. The van der Waals surface area contributed by atoms with E-state index in [2.05, 4.69) is 0 Å². The summed E-state index contributed by atoms with van der Waals surface area (Å²) < 4.78 is 37.2. The van der Waals surface area contributed by atoms with E-state index < -0.39 is 17.7 Å². The topological polar surface area (TPSA) is 63.3 Å². The van der Waals surface area contributed by atoms with Gasteiger partial charge in [-0.2, -0.15) is 13.2 Å². The van der Waals surface area contributed by atoms with Gasteiger partial charge in [0.05, 0.1) is 5.56 Å². The molecule has 0 fully saturated rings. The number of carboxylic acids is 1. The molecule has 0 atom stereocenters. The number of aliphatic carboxylic acids is 1. The van der Waals surface area contributed by atoms with Crippen LogP contribution < -0.4 is 5.73 Å². The van der Waals surface area contributed by atoms with Crippen LogP contribution in [0.3, 0.4) is 0 Å². The molecule has 0 aliphatic rings. The molecule has 1 rings (SSSR count). The molecule has 0 bridgehead atoms. The van der Waals surface area contributed by atoms with E-state index >= 15 is 0 Å². The maximum Gasteiger partial charge on any atom is 0.418 e. The van der Waals surface area contributed by atoms with Crippen LogP contribution in [0.15, 0.2) is 24.3 Å². The molecule has 6 heteroatoms. The van der Waals surface area contributed by atoms with E-state index in [9.17, 15) is 18.0 Å². The zero-order chi connectivity index (χ0) is 12.3. The van der Waals surface area contributed by atoms with Gasteiger partial charge in [0.2, 0.25) is 0 Å². The van der Waals surface area contributed by atoms with Gasteiger partial charge in [-0.15, -0.1) is 0 Å². The number of halogens is 3. The zero-order valence-corrected chi connectivity index (χ0v) is 7.95. The minimum Gasteiger partial charge on any atom is -0.478 e. The van der Waals surface area contributed by atoms with Gasteiger partial charge in [-0.1, -0.05) is 6.07 Å². The molecule has 0 radical (unpaired) electrons. The molecule has 0 amide bonds. The molecule has 86 valence electrons. The highest BCUT2D eigenvalue weighted by atomic mass is 19.4. The fourth-order valence-corrected chi connectivity index (χ4v) is 1.09. The molecule has 0 saturated heterocycles. The lowest BCUT2D eigenvalue weighted by atomic mass is 10.1. The van der Waals surface area contributed by atoms with Crippen molar-refractivity contribution in [2.45, 2.75) is 6.18 Å². The molecule has 1 aromatic rings. The van der Waals surface area contributed by atoms with Crippen LogP contribution >= 0.6 is 0 Å². The Balaban J connectivity index is 3.13. The van der Waals surface area contributed by atoms with Gasteiger partial charge in [-0.3, -0.25) is 0 Å². The number of hydrogen-bond acceptors (Lipinski definition) is 2. The Morgan fingerprint density at radius 1 is 1.38 bits per heavy atom. The van der Waals surface area contributed by atoms with Crippen molar-refractivity contribution in [3.8, 4) is 0 Å². The Labute approximate surface area is 89.0 Å². The van der Waals surface area contributed by atoms with E-state index in [4.69, 9.17) is 10.8 Å². The molecule has 3 nitrogen and oxygen atoms in total. The summed E-state index contributed by atoms with van der Waals surface area (Å²) in [6.07, 6.45) is -2.72. The first-order chi connectivity index (χ1) is 7.30. The number of benzene rings is 1. The van der Waals surface area contributed by atoms with E-state index in [1.54, 1.807) is 0 Å². The summed E-state index contributed by atoms with van der Waals surface area (Å²) in [6.45, 7) is 0. The van der Waals surface area contributed by atoms with Crippen LogP contribution in [0.4, 0.5) is 18.9 Å². The summed E-state index contributed by atoms with van der Waals surface area (Å²) in [4.78, 5) is 10.2. The molecule has 0 heterocycles. The van der Waals surface area contributed by atoms with E-state index in [0.717, 1.165) is 24.3 Å². The first-order valence-electron chi connectivity index (χ1n) is 4.18. The lowest BCUT2D eigenvalue weighted by Crippen LogP contribution is -2.08. The highest BCUT2D eigenvalue weighted by Gasteiger charge is 2.32. The molecule has 16 heavy (non-hydrogen) atoms. The quantitative estimate of drug-likeness (QED) is 0.606. The number of anilines is 1. The summed E-state index contributed by atoms with van der Waals surface area (Å²) in [6, 6.07) is 3.20. The van der Waals surface area contributed by atoms with Gasteiger partial charge < -0.3 is 10.8 Å². The highest BCUT2D eigenvalue weighted by molar-refractivity contribution is 5.85. The maximum absolute atomic E-state index is 12.4. The molecule has 3 N–H and O–H groups in total. The zero-order valence-electron chi connectivity index (χ0n) is 7.95. The summed E-state index contributed by atoms with van der Waals surface area (Å²) in [5.41, 5.74) is 3.94. The van der Waals surface area contributed by atoms with E-state index in [1.807, 2.05) is 0 Å². The van der Waals surface area contributed by atoms with Crippen LogP contribution in [0.5, 0.6) is 0 Å². The first kappa shape index (κ1) is 12.1. The number of carboxylic acid groups (broad SMARTS) is 1. The van der Waals surface area contributed by atoms with E-state index in [-0.39, 0.29) is 11.3 Å². The van der Waals surface area contributed by atoms with Crippen molar-refractivity contribution in [2.75, 3.05) is 5.73 Å². The second-order valence-electron chi connectivity index (χ2n) is 3.02. The van der Waals surface area contributed by atoms with Crippen molar-refractivity contribution in [2.24, 2.45) is 0 Å². The standard InChI is InChI=1S/C10H8F3NO2/c11-10(12,13)7-5-6(1-3-8(7)14)2-4-9(15)16/h1-5H,14H2,(H,15,16). The second-order valence-corrected chi connectivity index (χ2v) is 3.02. The normalized spacial score (nSPS) is 11.9. The highest BCUT2D eigenvalue weighted by Crippen LogP contribution is 2.34. The first-order valence-corrected chi connectivity index (χ1v) is 4.18. The summed E-state index contributed by atoms with van der Waals surface area (Å²) in [5.74, 6) is -1.23. The molecule has 0 aliphatic heterocycles. The van der Waals surface area contributed by atoms with E-state index in [0.29, 0.717) is 0 Å². The van der Waals surface area contributed by atoms with Gasteiger partial charge in [-0.25, -0.2) is 4.79 Å². The average Bonchev–Trinajstić information content (AvgIpc) is 2.14. The number of nitrogen functional groups attached to an aromatic ring is 1. The van der Waals surface area contributed by atoms with Crippen molar-refractivity contribution in [3.63, 3.8) is 0 Å². The third-order valence-corrected chi connectivity index (χ3v) is 1.80. The molecule has 0 unspecified atom stereocenters. The Kier molecular flexibility index (Phi) is 3.22. The van der Waals surface area contributed by atoms with Crippen LogP contribution in [0.1, 0.15) is 11.1 Å². The van der Waals surface area contributed by atoms with Crippen molar-refractivity contribution >= 4 is 17.7 Å². The molecule has 0 aliphatic carbocycles. The van der Waals surface area contributed by atoms with Crippen molar-refractivity contribution in [1.82, 2.24) is 0 Å². The number of hydrogen-bond donors (Lipinski definition) is 2. The second kappa shape index (κ2) is 4.26. The predicted octanol–water partition coefficient (Wildman–Crippen LogP) is 2.39. The molecular weight excluding hydrogens is 223 g/mol. The number of rotatable bonds is 2. The minimum absolute atomic E-state index is 0.129. The molecule has 0 spiro atoms. The van der Waals surface area contributed by atoms with Crippen LogP contribution in [0, 0.1) is 0 Å². The summed E-state index contributed by atoms with van der Waals surface area (Å²) in [7, 11) is 0. The van der Waals surface area contributed by atoms with Crippen LogP contribution in [-0.2, 0) is 11.0 Å². The lowest BCUT2D eigenvalue weighted by molar-refractivity contribution is -0.137. The summed E-state index contributed by atoms with van der Waals surface area (Å²) in [5, 5.41) is 8.32. The lowest BCUT2D eigenvalue weighted by Gasteiger charge is -2.10.